The van der Waals surface area contributed by atoms with Crippen molar-refractivity contribution < 1.29 is 5.11 Å². The van der Waals surface area contributed by atoms with Gasteiger partial charge in [-0.15, -0.1) is 0 Å². The van der Waals surface area contributed by atoms with Gasteiger partial charge in [0.2, 0.25) is 0 Å². The average molecular weight is 214 g/mol. The maximum absolute atomic E-state index is 10.1. The predicted octanol–water partition coefficient (Wildman–Crippen LogP) is 1.93. The second-order valence-electron chi connectivity index (χ2n) is 3.74. The van der Waals surface area contributed by atoms with Crippen LogP contribution in [0.5, 0.6) is 0 Å². The minimum Gasteiger partial charge on any atom is -0.399 e. The number of hydrogen-bond donors (Lipinski definition) is 3. The zero-order valence-electron chi connectivity index (χ0n) is 8.80. The number of aliphatic hydroxyl groups is 1. The Morgan fingerprint density at radius 1 is 0.812 bits per heavy atom. The van der Waals surface area contributed by atoms with E-state index >= 15 is 0 Å². The molecular formula is C13H14N2O. The van der Waals surface area contributed by atoms with Crippen molar-refractivity contribution in [3.63, 3.8) is 0 Å². The molecule has 0 atom stereocenters. The third-order valence-electron chi connectivity index (χ3n) is 2.45. The molecule has 3 nitrogen and oxygen atoms in total. The number of hydrogen-bond acceptors (Lipinski definition) is 3. The fraction of sp³-hybridized carbons (Fsp3) is 0.0769. The molecule has 0 aliphatic rings. The Morgan fingerprint density at radius 3 is 1.62 bits per heavy atom. The zero-order valence-corrected chi connectivity index (χ0v) is 8.80. The summed E-state index contributed by atoms with van der Waals surface area (Å²) in [5.74, 6) is 0. The van der Waals surface area contributed by atoms with Crippen LogP contribution in [0.2, 0.25) is 0 Å². The second-order valence-corrected chi connectivity index (χ2v) is 3.74. The Bertz CT molecular complexity index is 451. The Labute approximate surface area is 94.3 Å². The molecular weight excluding hydrogens is 200 g/mol. The first-order valence-corrected chi connectivity index (χ1v) is 5.06. The van der Waals surface area contributed by atoms with E-state index in [1.54, 1.807) is 24.3 Å². The maximum Gasteiger partial charge on any atom is 0.104 e. The summed E-state index contributed by atoms with van der Waals surface area (Å²) in [5.41, 5.74) is 14.2. The van der Waals surface area contributed by atoms with E-state index in [-0.39, 0.29) is 0 Å². The Balaban J connectivity index is 2.35. The van der Waals surface area contributed by atoms with Gasteiger partial charge in [0.1, 0.15) is 6.10 Å². The van der Waals surface area contributed by atoms with Crippen LogP contribution >= 0.6 is 0 Å². The molecule has 2 aromatic carbocycles. The normalized spacial score (nSPS) is 10.6. The van der Waals surface area contributed by atoms with E-state index in [0.717, 1.165) is 11.1 Å². The van der Waals surface area contributed by atoms with Crippen LogP contribution in [-0.4, -0.2) is 5.11 Å². The van der Waals surface area contributed by atoms with Gasteiger partial charge in [-0.2, -0.15) is 0 Å². The van der Waals surface area contributed by atoms with Crippen LogP contribution in [0.4, 0.5) is 11.4 Å². The molecule has 2 rings (SSSR count). The molecule has 82 valence electrons. The molecule has 0 saturated carbocycles. The van der Waals surface area contributed by atoms with Crippen LogP contribution in [-0.2, 0) is 0 Å². The Morgan fingerprint density at radius 2 is 1.25 bits per heavy atom. The molecule has 0 saturated heterocycles. The molecule has 0 unspecified atom stereocenters. The Kier molecular flexibility index (Phi) is 2.79. The van der Waals surface area contributed by atoms with Crippen LogP contribution in [0.3, 0.4) is 0 Å². The van der Waals surface area contributed by atoms with Gasteiger partial charge in [-0.05, 0) is 35.4 Å². The molecule has 0 amide bonds. The summed E-state index contributed by atoms with van der Waals surface area (Å²) < 4.78 is 0. The molecule has 3 heteroatoms. The van der Waals surface area contributed by atoms with Crippen molar-refractivity contribution in [1.29, 1.82) is 0 Å². The molecule has 0 fully saturated rings. The second kappa shape index (κ2) is 4.24. The van der Waals surface area contributed by atoms with Gasteiger partial charge in [0, 0.05) is 11.4 Å². The molecule has 5 N–H and O–H groups in total. The van der Waals surface area contributed by atoms with Crippen molar-refractivity contribution in [2.45, 2.75) is 6.10 Å². The van der Waals surface area contributed by atoms with Crippen LogP contribution in [0, 0.1) is 0 Å². The highest BCUT2D eigenvalue weighted by molar-refractivity contribution is 5.46. The predicted molar refractivity (Wildman–Crippen MR) is 65.8 cm³/mol. The molecule has 0 aliphatic carbocycles. The lowest BCUT2D eigenvalue weighted by molar-refractivity contribution is 0.220. The lowest BCUT2D eigenvalue weighted by atomic mass is 10.0. The molecule has 16 heavy (non-hydrogen) atoms. The first kappa shape index (κ1) is 10.5. The van der Waals surface area contributed by atoms with E-state index < -0.39 is 6.10 Å². The molecule has 0 spiro atoms. The minimum absolute atomic E-state index is 0.639. The Hall–Kier alpha value is -2.00. The first-order chi connectivity index (χ1) is 7.66. The highest BCUT2D eigenvalue weighted by atomic mass is 16.3. The minimum atomic E-state index is -0.688. The third kappa shape index (κ3) is 2.15. The summed E-state index contributed by atoms with van der Waals surface area (Å²) in [6.07, 6.45) is -0.688. The average Bonchev–Trinajstić information content (AvgIpc) is 2.28. The monoisotopic (exact) mass is 214 g/mol. The van der Waals surface area contributed by atoms with E-state index in [1.165, 1.54) is 0 Å². The van der Waals surface area contributed by atoms with Crippen molar-refractivity contribution >= 4 is 11.4 Å². The topological polar surface area (TPSA) is 72.3 Å². The van der Waals surface area contributed by atoms with E-state index in [4.69, 9.17) is 11.5 Å². The van der Waals surface area contributed by atoms with Gasteiger partial charge in [-0.1, -0.05) is 24.3 Å². The summed E-state index contributed by atoms with van der Waals surface area (Å²) >= 11 is 0. The van der Waals surface area contributed by atoms with Crippen molar-refractivity contribution in [1.82, 2.24) is 0 Å². The first-order valence-electron chi connectivity index (χ1n) is 5.06. The number of rotatable bonds is 2. The van der Waals surface area contributed by atoms with Gasteiger partial charge in [0.15, 0.2) is 0 Å². The summed E-state index contributed by atoms with van der Waals surface area (Å²) in [7, 11) is 0. The molecule has 0 heterocycles. The lowest BCUT2D eigenvalue weighted by Crippen LogP contribution is -2.01. The largest absolute Gasteiger partial charge is 0.399 e. The van der Waals surface area contributed by atoms with E-state index in [1.807, 2.05) is 24.3 Å². The molecule has 2 aromatic rings. The van der Waals surface area contributed by atoms with Gasteiger partial charge in [0.05, 0.1) is 0 Å². The third-order valence-corrected chi connectivity index (χ3v) is 2.45. The summed E-state index contributed by atoms with van der Waals surface area (Å²) in [4.78, 5) is 0. The summed E-state index contributed by atoms with van der Waals surface area (Å²) in [6.45, 7) is 0. The van der Waals surface area contributed by atoms with Gasteiger partial charge in [0.25, 0.3) is 0 Å². The quantitative estimate of drug-likeness (QED) is 0.669. The zero-order chi connectivity index (χ0) is 11.5. The smallest absolute Gasteiger partial charge is 0.104 e. The molecule has 0 aromatic heterocycles. The van der Waals surface area contributed by atoms with E-state index in [2.05, 4.69) is 0 Å². The van der Waals surface area contributed by atoms with Crippen molar-refractivity contribution in [3.8, 4) is 0 Å². The number of nitrogen functional groups attached to an aromatic ring is 2. The highest BCUT2D eigenvalue weighted by Gasteiger charge is 2.10. The van der Waals surface area contributed by atoms with Crippen molar-refractivity contribution in [3.05, 3.63) is 59.7 Å². The molecule has 0 bridgehead atoms. The van der Waals surface area contributed by atoms with Crippen LogP contribution in [0.15, 0.2) is 48.5 Å². The van der Waals surface area contributed by atoms with E-state index in [9.17, 15) is 5.11 Å². The number of benzene rings is 2. The number of anilines is 2. The highest BCUT2D eigenvalue weighted by Crippen LogP contribution is 2.24. The van der Waals surface area contributed by atoms with Crippen molar-refractivity contribution in [2.75, 3.05) is 11.5 Å². The lowest BCUT2D eigenvalue weighted by Gasteiger charge is -2.12. The van der Waals surface area contributed by atoms with Crippen molar-refractivity contribution in [2.24, 2.45) is 0 Å². The van der Waals surface area contributed by atoms with E-state index in [0.29, 0.717) is 11.4 Å². The fourth-order valence-electron chi connectivity index (χ4n) is 1.65. The fourth-order valence-corrected chi connectivity index (χ4v) is 1.65. The van der Waals surface area contributed by atoms with Gasteiger partial charge >= 0.3 is 0 Å². The molecule has 0 aliphatic heterocycles. The number of nitrogens with two attached hydrogens (primary N) is 2. The summed E-state index contributed by atoms with van der Waals surface area (Å²) in [6, 6.07) is 14.4. The van der Waals surface area contributed by atoms with Crippen LogP contribution in [0.1, 0.15) is 17.2 Å². The van der Waals surface area contributed by atoms with Crippen LogP contribution in [0.25, 0.3) is 0 Å². The van der Waals surface area contributed by atoms with Gasteiger partial charge in [-0.25, -0.2) is 0 Å². The molecule has 0 radical (unpaired) electrons. The number of aliphatic hydroxyl groups excluding tert-OH is 1. The van der Waals surface area contributed by atoms with Gasteiger partial charge < -0.3 is 16.6 Å². The SMILES string of the molecule is Nc1cccc(C(O)c2cccc(N)c2)c1. The summed E-state index contributed by atoms with van der Waals surface area (Å²) in [5, 5.41) is 10.1. The van der Waals surface area contributed by atoms with Gasteiger partial charge in [-0.3, -0.25) is 0 Å². The van der Waals surface area contributed by atoms with Crippen LogP contribution < -0.4 is 11.5 Å². The standard InChI is InChI=1S/C13H14N2O/c14-11-5-1-3-9(7-11)13(16)10-4-2-6-12(15)8-10/h1-8,13,16H,14-15H2. The maximum atomic E-state index is 10.1.